The highest BCUT2D eigenvalue weighted by Crippen LogP contribution is 2.30. The Morgan fingerprint density at radius 3 is 2.47 bits per heavy atom. The predicted octanol–water partition coefficient (Wildman–Crippen LogP) is 1.86. The molecule has 2 amide bonds. The summed E-state index contributed by atoms with van der Waals surface area (Å²) in [6.45, 7) is 1.62. The molecule has 11 heteroatoms. The van der Waals surface area contributed by atoms with Crippen molar-refractivity contribution in [1.82, 2.24) is 4.98 Å². The first-order valence-electron chi connectivity index (χ1n) is 8.48. The zero-order chi connectivity index (χ0) is 22.0. The van der Waals surface area contributed by atoms with E-state index in [1.165, 1.54) is 18.2 Å². The number of thiazole rings is 1. The third kappa shape index (κ3) is 4.05. The molecule has 1 heterocycles. The number of nitro benzene ring substituents is 1. The van der Waals surface area contributed by atoms with Gasteiger partial charge in [0.2, 0.25) is 11.6 Å². The first-order chi connectivity index (χ1) is 14.2. The molecule has 0 spiro atoms. The number of para-hydroxylation sites is 1. The minimum absolute atomic E-state index is 0.0708. The van der Waals surface area contributed by atoms with Crippen LogP contribution in [0.3, 0.4) is 0 Å². The Labute approximate surface area is 172 Å². The van der Waals surface area contributed by atoms with Crippen molar-refractivity contribution in [2.24, 2.45) is 5.73 Å². The summed E-state index contributed by atoms with van der Waals surface area (Å²) in [5.41, 5.74) is 5.45. The number of ketones is 2. The number of nitro groups is 1. The molecule has 0 saturated heterocycles. The van der Waals surface area contributed by atoms with E-state index in [2.05, 4.69) is 10.3 Å². The van der Waals surface area contributed by atoms with Crippen molar-refractivity contribution in [2.45, 2.75) is 12.8 Å². The quantitative estimate of drug-likeness (QED) is 0.252. The third-order valence-electron chi connectivity index (χ3n) is 4.15. The van der Waals surface area contributed by atoms with Gasteiger partial charge in [0, 0.05) is 6.07 Å². The number of amides is 2. The number of aromatic nitrogens is 1. The van der Waals surface area contributed by atoms with Crippen molar-refractivity contribution >= 4 is 56.3 Å². The van der Waals surface area contributed by atoms with E-state index in [9.17, 15) is 29.3 Å². The van der Waals surface area contributed by atoms with Gasteiger partial charge in [-0.3, -0.25) is 29.3 Å². The first kappa shape index (κ1) is 20.7. The number of Topliss-reactive ketones (excluding diaryl/α,β-unsaturated/α-hetero) is 2. The molecule has 0 aliphatic carbocycles. The van der Waals surface area contributed by atoms with Crippen molar-refractivity contribution in [3.8, 4) is 0 Å². The van der Waals surface area contributed by atoms with Gasteiger partial charge in [0.1, 0.15) is 16.6 Å². The van der Waals surface area contributed by atoms with Gasteiger partial charge in [0.25, 0.3) is 17.5 Å². The van der Waals surface area contributed by atoms with Crippen LogP contribution in [-0.2, 0) is 19.2 Å². The van der Waals surface area contributed by atoms with Crippen molar-refractivity contribution in [3.63, 3.8) is 0 Å². The van der Waals surface area contributed by atoms with Crippen LogP contribution in [0.5, 0.6) is 0 Å². The SMILES string of the molecule is Cc1ccc(NC(=O)C(=O)C(C(=O)C(N)=O)c2nc3ccccc3s2)c([N+](=O)[O-])c1. The lowest BCUT2D eigenvalue weighted by atomic mass is 9.98. The minimum atomic E-state index is -1.84. The van der Waals surface area contributed by atoms with E-state index in [0.29, 0.717) is 15.8 Å². The van der Waals surface area contributed by atoms with Gasteiger partial charge in [0.15, 0.2) is 0 Å². The molecular weight excluding hydrogens is 412 g/mol. The zero-order valence-corrected chi connectivity index (χ0v) is 16.3. The van der Waals surface area contributed by atoms with Crippen LogP contribution in [0.15, 0.2) is 42.5 Å². The molecule has 0 fully saturated rings. The number of nitrogens with one attached hydrogen (secondary N) is 1. The lowest BCUT2D eigenvalue weighted by Gasteiger charge is -2.11. The summed E-state index contributed by atoms with van der Waals surface area (Å²) in [6, 6.07) is 10.7. The lowest BCUT2D eigenvalue weighted by Crippen LogP contribution is -2.38. The predicted molar refractivity (Wildman–Crippen MR) is 108 cm³/mol. The molecule has 0 bridgehead atoms. The van der Waals surface area contributed by atoms with E-state index in [4.69, 9.17) is 5.73 Å². The van der Waals surface area contributed by atoms with Crippen LogP contribution in [0.1, 0.15) is 16.5 Å². The summed E-state index contributed by atoms with van der Waals surface area (Å²) in [5.74, 6) is -7.15. The maximum Gasteiger partial charge on any atom is 0.293 e. The fraction of sp³-hybridized carbons (Fsp3) is 0.105. The van der Waals surface area contributed by atoms with E-state index in [0.717, 1.165) is 11.3 Å². The lowest BCUT2D eigenvalue weighted by molar-refractivity contribution is -0.384. The van der Waals surface area contributed by atoms with Gasteiger partial charge >= 0.3 is 0 Å². The summed E-state index contributed by atoms with van der Waals surface area (Å²) in [6.07, 6.45) is 0. The van der Waals surface area contributed by atoms with Crippen LogP contribution in [0.25, 0.3) is 10.2 Å². The number of fused-ring (bicyclic) bond motifs is 1. The van der Waals surface area contributed by atoms with E-state index in [1.807, 2.05) is 0 Å². The smallest absolute Gasteiger partial charge is 0.293 e. The Morgan fingerprint density at radius 2 is 1.83 bits per heavy atom. The number of nitrogens with zero attached hydrogens (tertiary/aromatic N) is 2. The maximum absolute atomic E-state index is 12.8. The molecule has 1 atom stereocenters. The molecule has 0 aliphatic rings. The normalized spacial score (nSPS) is 11.6. The van der Waals surface area contributed by atoms with E-state index < -0.39 is 39.9 Å². The second-order valence-electron chi connectivity index (χ2n) is 6.28. The van der Waals surface area contributed by atoms with Gasteiger partial charge < -0.3 is 11.1 Å². The average Bonchev–Trinajstić information content (AvgIpc) is 3.12. The van der Waals surface area contributed by atoms with Gasteiger partial charge in [-0.05, 0) is 30.7 Å². The number of anilines is 1. The Hall–Kier alpha value is -3.99. The summed E-state index contributed by atoms with van der Waals surface area (Å²) in [7, 11) is 0. The van der Waals surface area contributed by atoms with Crippen LogP contribution in [-0.4, -0.2) is 33.3 Å². The first-order valence-corrected chi connectivity index (χ1v) is 9.30. The average molecular weight is 426 g/mol. The number of aryl methyl sites for hydroxylation is 1. The largest absolute Gasteiger partial charge is 0.363 e. The van der Waals surface area contributed by atoms with Gasteiger partial charge in [-0.2, -0.15) is 0 Å². The van der Waals surface area contributed by atoms with Crippen molar-refractivity contribution in [2.75, 3.05) is 5.32 Å². The number of hydrogen-bond acceptors (Lipinski definition) is 8. The number of hydrogen-bond donors (Lipinski definition) is 2. The fourth-order valence-corrected chi connectivity index (χ4v) is 3.78. The highest BCUT2D eigenvalue weighted by Gasteiger charge is 2.38. The van der Waals surface area contributed by atoms with Crippen LogP contribution >= 0.6 is 11.3 Å². The second-order valence-corrected chi connectivity index (χ2v) is 7.34. The van der Waals surface area contributed by atoms with Crippen molar-refractivity contribution < 1.29 is 24.1 Å². The highest BCUT2D eigenvalue weighted by molar-refractivity contribution is 7.19. The molecule has 0 radical (unpaired) electrons. The van der Waals surface area contributed by atoms with Crippen molar-refractivity contribution in [3.05, 3.63) is 63.1 Å². The van der Waals surface area contributed by atoms with Gasteiger partial charge in [-0.15, -0.1) is 11.3 Å². The number of primary amides is 1. The Kier molecular flexibility index (Phi) is 5.65. The molecule has 0 aliphatic heterocycles. The molecule has 3 aromatic rings. The molecule has 10 nitrogen and oxygen atoms in total. The highest BCUT2D eigenvalue weighted by atomic mass is 32.1. The minimum Gasteiger partial charge on any atom is -0.363 e. The summed E-state index contributed by atoms with van der Waals surface area (Å²) in [4.78, 5) is 63.8. The van der Waals surface area contributed by atoms with Gasteiger partial charge in [-0.25, -0.2) is 4.98 Å². The van der Waals surface area contributed by atoms with Crippen LogP contribution in [0, 0.1) is 17.0 Å². The van der Waals surface area contributed by atoms with Crippen LogP contribution in [0.4, 0.5) is 11.4 Å². The standard InChI is InChI=1S/C19H14N4O6S/c1-9-6-7-10(12(8-9)23(28)29)21-18(27)16(25)14(15(24)17(20)26)19-22-11-4-2-3-5-13(11)30-19/h2-8,14H,1H3,(H2,20,26)(H,21,27). The van der Waals surface area contributed by atoms with E-state index in [1.54, 1.807) is 31.2 Å². The zero-order valence-electron chi connectivity index (χ0n) is 15.4. The molecule has 0 saturated carbocycles. The maximum atomic E-state index is 12.8. The molecule has 3 rings (SSSR count). The molecule has 152 valence electrons. The van der Waals surface area contributed by atoms with Crippen LogP contribution in [0.2, 0.25) is 0 Å². The Morgan fingerprint density at radius 1 is 1.13 bits per heavy atom. The molecule has 1 unspecified atom stereocenters. The number of nitrogens with two attached hydrogens (primary N) is 1. The van der Waals surface area contributed by atoms with Crippen molar-refractivity contribution in [1.29, 1.82) is 0 Å². The fourth-order valence-electron chi connectivity index (χ4n) is 2.71. The second kappa shape index (κ2) is 8.17. The Balaban J connectivity index is 1.97. The van der Waals surface area contributed by atoms with Gasteiger partial charge in [-0.1, -0.05) is 18.2 Å². The summed E-state index contributed by atoms with van der Waals surface area (Å²) >= 11 is 0.964. The number of carbonyl (C=O) groups is 4. The summed E-state index contributed by atoms with van der Waals surface area (Å²) in [5, 5.41) is 13.3. The Bertz CT molecular complexity index is 1190. The van der Waals surface area contributed by atoms with Gasteiger partial charge in [0.05, 0.1) is 15.1 Å². The number of rotatable bonds is 7. The topological polar surface area (TPSA) is 162 Å². The molecular formula is C19H14N4O6S. The third-order valence-corrected chi connectivity index (χ3v) is 5.25. The molecule has 2 aromatic carbocycles. The van der Waals surface area contributed by atoms with E-state index in [-0.39, 0.29) is 10.7 Å². The van der Waals surface area contributed by atoms with E-state index >= 15 is 0 Å². The molecule has 3 N–H and O–H groups in total. The van der Waals surface area contributed by atoms with Crippen LogP contribution < -0.4 is 11.1 Å². The number of benzene rings is 2. The number of carbonyl (C=O) groups excluding carboxylic acids is 4. The molecule has 30 heavy (non-hydrogen) atoms. The monoisotopic (exact) mass is 426 g/mol. The summed E-state index contributed by atoms with van der Waals surface area (Å²) < 4.78 is 0.636. The molecule has 1 aromatic heterocycles.